The van der Waals surface area contributed by atoms with Crippen LogP contribution in [0.15, 0.2) is 34.9 Å². The first-order valence-corrected chi connectivity index (χ1v) is 6.35. The Balaban J connectivity index is 2.07. The normalized spacial score (nSPS) is 12.4. The highest BCUT2D eigenvalue weighted by molar-refractivity contribution is 6.42. The van der Waals surface area contributed by atoms with Crippen molar-refractivity contribution < 1.29 is 4.42 Å². The second-order valence-electron chi connectivity index (χ2n) is 4.18. The topological polar surface area (TPSA) is 51.2 Å². The highest BCUT2D eigenvalue weighted by Gasteiger charge is 2.09. The summed E-state index contributed by atoms with van der Waals surface area (Å²) in [4.78, 5) is 0. The van der Waals surface area contributed by atoms with Gasteiger partial charge < -0.3 is 15.5 Å². The van der Waals surface area contributed by atoms with E-state index < -0.39 is 0 Å². The molecule has 1 aromatic heterocycles. The van der Waals surface area contributed by atoms with Gasteiger partial charge in [0.25, 0.3) is 0 Å². The van der Waals surface area contributed by atoms with E-state index >= 15 is 0 Å². The molecule has 2 rings (SSSR count). The monoisotopic (exact) mass is 284 g/mol. The van der Waals surface area contributed by atoms with Gasteiger partial charge in [0, 0.05) is 12.5 Å². The molecule has 1 heterocycles. The van der Waals surface area contributed by atoms with Crippen molar-refractivity contribution in [1.82, 2.24) is 0 Å². The summed E-state index contributed by atoms with van der Waals surface area (Å²) < 4.78 is 5.30. The first-order chi connectivity index (χ1) is 8.56. The van der Waals surface area contributed by atoms with Gasteiger partial charge in [0.05, 0.1) is 27.7 Å². The molecule has 0 aliphatic heterocycles. The molecule has 0 bridgehead atoms. The van der Waals surface area contributed by atoms with E-state index in [9.17, 15) is 0 Å². The smallest absolute Gasteiger partial charge is 0.105 e. The standard InChI is InChI=1S/C13H14Cl2N2O/c1-8(5-9-3-2-4-18-9)17-13-7-11(15)10(14)6-12(13)16/h2-4,6-8,17H,5,16H2,1H3. The number of anilines is 2. The van der Waals surface area contributed by atoms with Gasteiger partial charge in [-0.25, -0.2) is 0 Å². The summed E-state index contributed by atoms with van der Waals surface area (Å²) in [7, 11) is 0. The number of furan rings is 1. The van der Waals surface area contributed by atoms with Crippen LogP contribution in [0.2, 0.25) is 10.0 Å². The van der Waals surface area contributed by atoms with Crippen molar-refractivity contribution in [3.8, 4) is 0 Å². The molecular weight excluding hydrogens is 271 g/mol. The first kappa shape index (κ1) is 13.1. The Labute approximate surface area is 116 Å². The van der Waals surface area contributed by atoms with Crippen LogP contribution in [0.3, 0.4) is 0 Å². The van der Waals surface area contributed by atoms with Crippen molar-refractivity contribution in [2.75, 3.05) is 11.1 Å². The molecule has 1 atom stereocenters. The molecule has 0 radical (unpaired) electrons. The molecule has 0 aliphatic rings. The Morgan fingerprint density at radius 2 is 2.06 bits per heavy atom. The minimum atomic E-state index is 0.177. The summed E-state index contributed by atoms with van der Waals surface area (Å²) in [6.45, 7) is 2.05. The fourth-order valence-corrected chi connectivity index (χ4v) is 2.07. The van der Waals surface area contributed by atoms with Crippen molar-refractivity contribution in [2.45, 2.75) is 19.4 Å². The average Bonchev–Trinajstić information content (AvgIpc) is 2.78. The lowest BCUT2D eigenvalue weighted by molar-refractivity contribution is 0.498. The molecule has 0 aliphatic carbocycles. The summed E-state index contributed by atoms with van der Waals surface area (Å²) >= 11 is 11.8. The Bertz CT molecular complexity index is 526. The maximum atomic E-state index is 5.97. The number of halogens is 2. The fraction of sp³-hybridized carbons (Fsp3) is 0.231. The Morgan fingerprint density at radius 3 is 2.72 bits per heavy atom. The predicted molar refractivity (Wildman–Crippen MR) is 76.4 cm³/mol. The summed E-state index contributed by atoms with van der Waals surface area (Å²) in [6, 6.07) is 7.37. The van der Waals surface area contributed by atoms with E-state index in [1.807, 2.05) is 19.1 Å². The fourth-order valence-electron chi connectivity index (χ4n) is 1.73. The molecule has 0 fully saturated rings. The summed E-state index contributed by atoms with van der Waals surface area (Å²) in [5, 5.41) is 4.23. The highest BCUT2D eigenvalue weighted by atomic mass is 35.5. The zero-order valence-corrected chi connectivity index (χ0v) is 11.4. The maximum absolute atomic E-state index is 5.97. The van der Waals surface area contributed by atoms with Gasteiger partial charge in [0.15, 0.2) is 0 Å². The van der Waals surface area contributed by atoms with Crippen LogP contribution in [0.4, 0.5) is 11.4 Å². The molecule has 1 unspecified atom stereocenters. The molecule has 3 nitrogen and oxygen atoms in total. The van der Waals surface area contributed by atoms with Crippen LogP contribution in [-0.4, -0.2) is 6.04 Å². The molecule has 0 saturated heterocycles. The molecule has 0 saturated carbocycles. The number of nitrogens with two attached hydrogens (primary N) is 1. The molecular formula is C13H14Cl2N2O. The van der Waals surface area contributed by atoms with E-state index in [0.717, 1.165) is 17.9 Å². The zero-order valence-electron chi connectivity index (χ0n) is 9.91. The Kier molecular flexibility index (Phi) is 4.04. The van der Waals surface area contributed by atoms with Crippen LogP contribution in [0.1, 0.15) is 12.7 Å². The quantitative estimate of drug-likeness (QED) is 0.827. The number of nitrogen functional groups attached to an aromatic ring is 1. The van der Waals surface area contributed by atoms with Crippen LogP contribution in [0.25, 0.3) is 0 Å². The number of rotatable bonds is 4. The van der Waals surface area contributed by atoms with Gasteiger partial charge in [0.2, 0.25) is 0 Å². The van der Waals surface area contributed by atoms with Crippen molar-refractivity contribution in [3.05, 3.63) is 46.3 Å². The predicted octanol–water partition coefficient (Wildman–Crippen LogP) is 4.21. The van der Waals surface area contributed by atoms with Gasteiger partial charge in [0.1, 0.15) is 5.76 Å². The zero-order chi connectivity index (χ0) is 13.1. The molecule has 18 heavy (non-hydrogen) atoms. The maximum Gasteiger partial charge on any atom is 0.105 e. The van der Waals surface area contributed by atoms with Crippen molar-refractivity contribution in [2.24, 2.45) is 0 Å². The molecule has 3 N–H and O–H groups in total. The minimum Gasteiger partial charge on any atom is -0.469 e. The summed E-state index contributed by atoms with van der Waals surface area (Å²) in [6.07, 6.45) is 2.43. The van der Waals surface area contributed by atoms with Gasteiger partial charge in [-0.15, -0.1) is 0 Å². The number of benzene rings is 1. The average molecular weight is 285 g/mol. The first-order valence-electron chi connectivity index (χ1n) is 5.59. The number of nitrogens with one attached hydrogen (secondary N) is 1. The van der Waals surface area contributed by atoms with Gasteiger partial charge in [-0.05, 0) is 31.2 Å². The lowest BCUT2D eigenvalue weighted by atomic mass is 10.1. The molecule has 1 aromatic carbocycles. The van der Waals surface area contributed by atoms with E-state index in [-0.39, 0.29) is 6.04 Å². The van der Waals surface area contributed by atoms with Crippen molar-refractivity contribution >= 4 is 34.6 Å². The van der Waals surface area contributed by atoms with Crippen LogP contribution in [0, 0.1) is 0 Å². The second-order valence-corrected chi connectivity index (χ2v) is 5.00. The van der Waals surface area contributed by atoms with Crippen molar-refractivity contribution in [3.63, 3.8) is 0 Å². The van der Waals surface area contributed by atoms with Crippen LogP contribution in [-0.2, 0) is 6.42 Å². The van der Waals surface area contributed by atoms with Gasteiger partial charge in [-0.1, -0.05) is 23.2 Å². The van der Waals surface area contributed by atoms with E-state index in [4.69, 9.17) is 33.4 Å². The van der Waals surface area contributed by atoms with E-state index in [0.29, 0.717) is 15.7 Å². The third-order valence-corrected chi connectivity index (χ3v) is 3.30. The lowest BCUT2D eigenvalue weighted by Gasteiger charge is -2.16. The van der Waals surface area contributed by atoms with Gasteiger partial charge in [-0.3, -0.25) is 0 Å². The lowest BCUT2D eigenvalue weighted by Crippen LogP contribution is -2.18. The van der Waals surface area contributed by atoms with E-state index in [2.05, 4.69) is 5.32 Å². The van der Waals surface area contributed by atoms with Gasteiger partial charge >= 0.3 is 0 Å². The highest BCUT2D eigenvalue weighted by Crippen LogP contribution is 2.31. The SMILES string of the molecule is CC(Cc1ccco1)Nc1cc(Cl)c(Cl)cc1N. The third-order valence-electron chi connectivity index (χ3n) is 2.58. The summed E-state index contributed by atoms with van der Waals surface area (Å²) in [5.41, 5.74) is 7.24. The number of hydrogen-bond donors (Lipinski definition) is 2. The Hall–Kier alpha value is -1.32. The molecule has 0 amide bonds. The summed E-state index contributed by atoms with van der Waals surface area (Å²) in [5.74, 6) is 0.925. The van der Waals surface area contributed by atoms with Crippen LogP contribution < -0.4 is 11.1 Å². The Morgan fingerprint density at radius 1 is 1.33 bits per heavy atom. The third kappa shape index (κ3) is 3.12. The largest absolute Gasteiger partial charge is 0.469 e. The van der Waals surface area contributed by atoms with Crippen molar-refractivity contribution in [1.29, 1.82) is 0 Å². The molecule has 0 spiro atoms. The molecule has 96 valence electrons. The number of hydrogen-bond acceptors (Lipinski definition) is 3. The van der Waals surface area contributed by atoms with E-state index in [1.54, 1.807) is 18.4 Å². The molecule has 5 heteroatoms. The minimum absolute atomic E-state index is 0.177. The van der Waals surface area contributed by atoms with Crippen LogP contribution in [0.5, 0.6) is 0 Å². The van der Waals surface area contributed by atoms with Crippen LogP contribution >= 0.6 is 23.2 Å². The molecule has 2 aromatic rings. The van der Waals surface area contributed by atoms with E-state index in [1.165, 1.54) is 0 Å². The van der Waals surface area contributed by atoms with Gasteiger partial charge in [-0.2, -0.15) is 0 Å². The second kappa shape index (κ2) is 5.55.